The van der Waals surface area contributed by atoms with Gasteiger partial charge in [0.15, 0.2) is 0 Å². The van der Waals surface area contributed by atoms with Crippen molar-refractivity contribution in [1.82, 2.24) is 5.32 Å². The van der Waals surface area contributed by atoms with Crippen LogP contribution in [0, 0.1) is 11.6 Å². The molecule has 2 aromatic rings. The van der Waals surface area contributed by atoms with Crippen molar-refractivity contribution in [1.29, 1.82) is 0 Å². The van der Waals surface area contributed by atoms with Crippen LogP contribution in [0.15, 0.2) is 36.4 Å². The van der Waals surface area contributed by atoms with Gasteiger partial charge in [-0.15, -0.1) is 0 Å². The Balaban J connectivity index is 1.94. The maximum atomic E-state index is 13.5. The molecule has 1 unspecified atom stereocenters. The molecule has 0 aliphatic rings. The number of benzene rings is 2. The molecule has 0 amide bonds. The van der Waals surface area contributed by atoms with Gasteiger partial charge in [-0.3, -0.25) is 0 Å². The van der Waals surface area contributed by atoms with Crippen molar-refractivity contribution >= 4 is 23.2 Å². The quantitative estimate of drug-likeness (QED) is 0.746. The van der Waals surface area contributed by atoms with Gasteiger partial charge in [0, 0.05) is 11.1 Å². The SMILES string of the molecule is CC(NCCc1ccc(F)cc1)c1cc(F)c(Cl)cc1Cl. The summed E-state index contributed by atoms with van der Waals surface area (Å²) in [6, 6.07) is 9.01. The van der Waals surface area contributed by atoms with E-state index in [9.17, 15) is 8.78 Å². The minimum Gasteiger partial charge on any atom is -0.310 e. The molecule has 112 valence electrons. The highest BCUT2D eigenvalue weighted by Crippen LogP contribution is 2.28. The summed E-state index contributed by atoms with van der Waals surface area (Å²) in [6.07, 6.45) is 0.748. The first-order chi connectivity index (χ1) is 9.97. The topological polar surface area (TPSA) is 12.0 Å². The van der Waals surface area contributed by atoms with Crippen molar-refractivity contribution < 1.29 is 8.78 Å². The lowest BCUT2D eigenvalue weighted by atomic mass is 10.1. The number of nitrogens with one attached hydrogen (secondary N) is 1. The molecular weight excluding hydrogens is 315 g/mol. The summed E-state index contributed by atoms with van der Waals surface area (Å²) in [4.78, 5) is 0. The maximum Gasteiger partial charge on any atom is 0.142 e. The molecule has 0 fully saturated rings. The summed E-state index contributed by atoms with van der Waals surface area (Å²) in [5, 5.41) is 3.71. The van der Waals surface area contributed by atoms with E-state index in [0.29, 0.717) is 17.1 Å². The first-order valence-electron chi connectivity index (χ1n) is 6.59. The van der Waals surface area contributed by atoms with Crippen molar-refractivity contribution in [2.45, 2.75) is 19.4 Å². The van der Waals surface area contributed by atoms with E-state index in [1.165, 1.54) is 24.3 Å². The molecule has 2 rings (SSSR count). The molecule has 0 saturated carbocycles. The fraction of sp³-hybridized carbons (Fsp3) is 0.250. The molecule has 1 nitrogen and oxygen atoms in total. The average molecular weight is 330 g/mol. The Morgan fingerprint density at radius 2 is 1.71 bits per heavy atom. The van der Waals surface area contributed by atoms with Gasteiger partial charge in [0.05, 0.1) is 5.02 Å². The van der Waals surface area contributed by atoms with Gasteiger partial charge < -0.3 is 5.32 Å². The van der Waals surface area contributed by atoms with Crippen LogP contribution in [0.3, 0.4) is 0 Å². The summed E-state index contributed by atoms with van der Waals surface area (Å²) in [6.45, 7) is 2.58. The molecule has 0 bridgehead atoms. The van der Waals surface area contributed by atoms with Gasteiger partial charge in [-0.2, -0.15) is 0 Å². The lowest BCUT2D eigenvalue weighted by Gasteiger charge is -2.16. The van der Waals surface area contributed by atoms with Crippen LogP contribution in [0.2, 0.25) is 10.0 Å². The van der Waals surface area contributed by atoms with Gasteiger partial charge in [-0.05, 0) is 55.3 Å². The van der Waals surface area contributed by atoms with Gasteiger partial charge in [-0.1, -0.05) is 35.3 Å². The maximum absolute atomic E-state index is 13.5. The first-order valence-corrected chi connectivity index (χ1v) is 7.35. The first kappa shape index (κ1) is 16.2. The van der Waals surface area contributed by atoms with Gasteiger partial charge in [0.1, 0.15) is 11.6 Å². The Morgan fingerprint density at radius 3 is 2.38 bits per heavy atom. The van der Waals surface area contributed by atoms with E-state index in [2.05, 4.69) is 5.32 Å². The summed E-state index contributed by atoms with van der Waals surface area (Å²) in [5.74, 6) is -0.730. The Hall–Kier alpha value is -1.16. The number of halogens is 4. The predicted octanol–water partition coefficient (Wildman–Crippen LogP) is 5.16. The highest BCUT2D eigenvalue weighted by atomic mass is 35.5. The standard InChI is InChI=1S/C16H15Cl2F2N/c1-10(13-8-16(20)15(18)9-14(13)17)21-7-6-11-2-4-12(19)5-3-11/h2-5,8-10,21H,6-7H2,1H3. The van der Waals surface area contributed by atoms with Crippen LogP contribution < -0.4 is 5.32 Å². The lowest BCUT2D eigenvalue weighted by Crippen LogP contribution is -2.21. The van der Waals surface area contributed by atoms with Crippen LogP contribution >= 0.6 is 23.2 Å². The molecule has 0 spiro atoms. The lowest BCUT2D eigenvalue weighted by molar-refractivity contribution is 0.567. The molecule has 1 atom stereocenters. The molecule has 0 radical (unpaired) electrons. The molecule has 2 aromatic carbocycles. The van der Waals surface area contributed by atoms with Crippen molar-refractivity contribution in [3.8, 4) is 0 Å². The molecule has 0 aliphatic heterocycles. The molecule has 5 heteroatoms. The zero-order valence-corrected chi connectivity index (χ0v) is 13.0. The minimum atomic E-state index is -0.483. The second-order valence-corrected chi connectivity index (χ2v) is 5.65. The fourth-order valence-corrected chi connectivity index (χ4v) is 2.61. The van der Waals surface area contributed by atoms with Crippen LogP contribution in [0.25, 0.3) is 0 Å². The summed E-state index contributed by atoms with van der Waals surface area (Å²) in [5.41, 5.74) is 1.70. The van der Waals surface area contributed by atoms with E-state index in [1.54, 1.807) is 12.1 Å². The largest absolute Gasteiger partial charge is 0.310 e. The Kier molecular flexibility index (Phi) is 5.57. The summed E-state index contributed by atoms with van der Waals surface area (Å²) in [7, 11) is 0. The third kappa shape index (κ3) is 4.40. The number of rotatable bonds is 5. The van der Waals surface area contributed by atoms with Gasteiger partial charge in [0.2, 0.25) is 0 Å². The van der Waals surface area contributed by atoms with Crippen LogP contribution in [-0.2, 0) is 6.42 Å². The zero-order valence-electron chi connectivity index (χ0n) is 11.5. The highest BCUT2D eigenvalue weighted by Gasteiger charge is 2.12. The van der Waals surface area contributed by atoms with Crippen molar-refractivity contribution in [3.05, 3.63) is 69.2 Å². The van der Waals surface area contributed by atoms with E-state index < -0.39 is 5.82 Å². The second-order valence-electron chi connectivity index (χ2n) is 4.84. The summed E-state index contributed by atoms with van der Waals surface area (Å²) < 4.78 is 26.3. The van der Waals surface area contributed by atoms with Crippen molar-refractivity contribution in [3.63, 3.8) is 0 Å². The van der Waals surface area contributed by atoms with Gasteiger partial charge in [0.25, 0.3) is 0 Å². The van der Waals surface area contributed by atoms with Crippen molar-refractivity contribution in [2.24, 2.45) is 0 Å². The number of hydrogen-bond donors (Lipinski definition) is 1. The molecule has 1 N–H and O–H groups in total. The van der Waals surface area contributed by atoms with Crippen LogP contribution in [-0.4, -0.2) is 6.54 Å². The van der Waals surface area contributed by atoms with Crippen LogP contribution in [0.1, 0.15) is 24.1 Å². The summed E-state index contributed by atoms with van der Waals surface area (Å²) >= 11 is 11.8. The molecule has 0 aromatic heterocycles. The number of hydrogen-bond acceptors (Lipinski definition) is 1. The zero-order chi connectivity index (χ0) is 15.4. The molecule has 0 aliphatic carbocycles. The smallest absolute Gasteiger partial charge is 0.142 e. The van der Waals surface area contributed by atoms with Gasteiger partial charge >= 0.3 is 0 Å². The van der Waals surface area contributed by atoms with Crippen LogP contribution in [0.4, 0.5) is 8.78 Å². The molecule has 21 heavy (non-hydrogen) atoms. The van der Waals surface area contributed by atoms with E-state index in [-0.39, 0.29) is 16.9 Å². The Morgan fingerprint density at radius 1 is 1.05 bits per heavy atom. The second kappa shape index (κ2) is 7.21. The third-order valence-electron chi connectivity index (χ3n) is 3.28. The van der Waals surface area contributed by atoms with Crippen LogP contribution in [0.5, 0.6) is 0 Å². The highest BCUT2D eigenvalue weighted by molar-refractivity contribution is 6.35. The molecule has 0 saturated heterocycles. The van der Waals surface area contributed by atoms with E-state index in [1.807, 2.05) is 6.92 Å². The van der Waals surface area contributed by atoms with E-state index in [4.69, 9.17) is 23.2 Å². The monoisotopic (exact) mass is 329 g/mol. The third-order valence-corrected chi connectivity index (χ3v) is 3.90. The fourth-order valence-electron chi connectivity index (χ4n) is 2.06. The molecular formula is C16H15Cl2F2N. The Labute approximate surface area is 132 Å². The predicted molar refractivity (Wildman–Crippen MR) is 82.9 cm³/mol. The van der Waals surface area contributed by atoms with E-state index >= 15 is 0 Å². The minimum absolute atomic E-state index is 0.0160. The van der Waals surface area contributed by atoms with Gasteiger partial charge in [-0.25, -0.2) is 8.78 Å². The molecule has 0 heterocycles. The van der Waals surface area contributed by atoms with E-state index in [0.717, 1.165) is 12.0 Å². The average Bonchev–Trinajstić information content (AvgIpc) is 2.45. The normalized spacial score (nSPS) is 12.4. The Bertz CT molecular complexity index is 614. The van der Waals surface area contributed by atoms with Crippen molar-refractivity contribution in [2.75, 3.05) is 6.54 Å².